The van der Waals surface area contributed by atoms with Gasteiger partial charge in [0.1, 0.15) is 0 Å². The van der Waals surface area contributed by atoms with E-state index in [-0.39, 0.29) is 17.9 Å². The SMILES string of the molecule is NCCNC(=O)C1CCN(c2nsc(N3CCN(C(=O)Nc4noc5ccccc45)CC3)n2)CC1. The summed E-state index contributed by atoms with van der Waals surface area (Å²) in [4.78, 5) is 35.7. The first-order chi connectivity index (χ1) is 17.1. The van der Waals surface area contributed by atoms with Gasteiger partial charge in [0.05, 0.1) is 5.39 Å². The van der Waals surface area contributed by atoms with Gasteiger partial charge in [0.15, 0.2) is 11.4 Å². The number of nitrogens with one attached hydrogen (secondary N) is 2. The van der Waals surface area contributed by atoms with Crippen molar-refractivity contribution in [3.05, 3.63) is 24.3 Å². The van der Waals surface area contributed by atoms with Crippen LogP contribution in [0.25, 0.3) is 11.0 Å². The molecule has 0 saturated carbocycles. The van der Waals surface area contributed by atoms with Crippen molar-refractivity contribution in [3.8, 4) is 0 Å². The number of para-hydroxylation sites is 1. The number of nitrogens with two attached hydrogens (primary N) is 1. The minimum absolute atomic E-state index is 0.0189. The summed E-state index contributed by atoms with van der Waals surface area (Å²) in [7, 11) is 0. The van der Waals surface area contributed by atoms with Crippen LogP contribution in [0, 0.1) is 5.92 Å². The molecule has 0 atom stereocenters. The fourth-order valence-electron chi connectivity index (χ4n) is 4.40. The molecule has 13 heteroatoms. The van der Waals surface area contributed by atoms with Gasteiger partial charge in [0.25, 0.3) is 0 Å². The fourth-order valence-corrected chi connectivity index (χ4v) is 5.14. The van der Waals surface area contributed by atoms with Crippen molar-refractivity contribution in [1.82, 2.24) is 24.7 Å². The molecule has 2 aromatic heterocycles. The highest BCUT2D eigenvalue weighted by atomic mass is 32.1. The third kappa shape index (κ3) is 5.15. The number of hydrogen-bond acceptors (Lipinski definition) is 10. The molecule has 2 saturated heterocycles. The second kappa shape index (κ2) is 10.4. The van der Waals surface area contributed by atoms with Crippen molar-refractivity contribution < 1.29 is 14.1 Å². The standard InChI is InChI=1S/C22H29N9O3S/c23-7-8-24-19(32)15-5-9-29(10-6-15)20-26-22(35-28-20)31-13-11-30(12-14-31)21(33)25-18-16-3-1-2-4-17(16)34-27-18/h1-4,15H,5-14,23H2,(H,24,32)(H,25,27,33). The quantitative estimate of drug-likeness (QED) is 0.457. The molecule has 2 fully saturated rings. The van der Waals surface area contributed by atoms with E-state index in [1.54, 1.807) is 4.90 Å². The number of fused-ring (bicyclic) bond motifs is 1. The number of aromatic nitrogens is 3. The number of carbonyl (C=O) groups excluding carboxylic acids is 2. The highest BCUT2D eigenvalue weighted by Crippen LogP contribution is 2.27. The Kier molecular flexibility index (Phi) is 6.95. The minimum atomic E-state index is -0.194. The van der Waals surface area contributed by atoms with Crippen LogP contribution in [0.5, 0.6) is 0 Å². The highest BCUT2D eigenvalue weighted by Gasteiger charge is 2.28. The number of anilines is 3. The van der Waals surface area contributed by atoms with E-state index in [0.29, 0.717) is 56.6 Å². The van der Waals surface area contributed by atoms with E-state index in [9.17, 15) is 9.59 Å². The summed E-state index contributed by atoms with van der Waals surface area (Å²) < 4.78 is 9.82. The molecule has 1 aromatic carbocycles. The Morgan fingerprint density at radius 1 is 1.09 bits per heavy atom. The molecule has 186 valence electrons. The molecule has 12 nitrogen and oxygen atoms in total. The van der Waals surface area contributed by atoms with Crippen molar-refractivity contribution in [1.29, 1.82) is 0 Å². The summed E-state index contributed by atoms with van der Waals surface area (Å²) >= 11 is 1.37. The molecule has 0 spiro atoms. The second-order valence-electron chi connectivity index (χ2n) is 8.65. The zero-order valence-corrected chi connectivity index (χ0v) is 20.2. The van der Waals surface area contributed by atoms with Gasteiger partial charge < -0.3 is 30.3 Å². The van der Waals surface area contributed by atoms with Gasteiger partial charge in [-0.05, 0) is 25.0 Å². The number of hydrogen-bond donors (Lipinski definition) is 3. The largest absolute Gasteiger partial charge is 0.355 e. The lowest BCUT2D eigenvalue weighted by molar-refractivity contribution is -0.125. The summed E-state index contributed by atoms with van der Waals surface area (Å²) in [6.45, 7) is 4.95. The maximum Gasteiger partial charge on any atom is 0.323 e. The molecule has 2 aliphatic heterocycles. The van der Waals surface area contributed by atoms with Crippen LogP contribution in [0.3, 0.4) is 0 Å². The molecule has 4 heterocycles. The normalized spacial score (nSPS) is 17.1. The lowest BCUT2D eigenvalue weighted by Crippen LogP contribution is -2.50. The summed E-state index contributed by atoms with van der Waals surface area (Å²) in [5, 5.41) is 11.3. The monoisotopic (exact) mass is 499 g/mol. The third-order valence-corrected chi connectivity index (χ3v) is 7.20. The summed E-state index contributed by atoms with van der Waals surface area (Å²) in [5.74, 6) is 1.25. The van der Waals surface area contributed by atoms with Crippen molar-refractivity contribution >= 4 is 51.3 Å². The van der Waals surface area contributed by atoms with Crippen molar-refractivity contribution in [2.24, 2.45) is 11.7 Å². The zero-order chi connectivity index (χ0) is 24.2. The van der Waals surface area contributed by atoms with E-state index < -0.39 is 0 Å². The second-order valence-corrected chi connectivity index (χ2v) is 9.38. The van der Waals surface area contributed by atoms with Gasteiger partial charge in [0.2, 0.25) is 17.0 Å². The predicted molar refractivity (Wildman–Crippen MR) is 134 cm³/mol. The molecule has 0 radical (unpaired) electrons. The van der Waals surface area contributed by atoms with Crippen molar-refractivity contribution in [2.75, 3.05) is 67.5 Å². The van der Waals surface area contributed by atoms with Gasteiger partial charge in [-0.3, -0.25) is 10.1 Å². The number of piperazine rings is 1. The third-order valence-electron chi connectivity index (χ3n) is 6.44. The Balaban J connectivity index is 1.11. The van der Waals surface area contributed by atoms with Crippen LogP contribution in [-0.2, 0) is 4.79 Å². The van der Waals surface area contributed by atoms with Crippen LogP contribution < -0.4 is 26.2 Å². The Hall–Kier alpha value is -3.45. The minimum Gasteiger partial charge on any atom is -0.355 e. The molecular weight excluding hydrogens is 470 g/mol. The molecule has 3 amide bonds. The van der Waals surface area contributed by atoms with E-state index in [4.69, 9.17) is 15.2 Å². The van der Waals surface area contributed by atoms with Crippen LogP contribution in [0.15, 0.2) is 28.8 Å². The maximum absolute atomic E-state index is 12.7. The number of amides is 3. The summed E-state index contributed by atoms with van der Waals surface area (Å²) in [5.41, 5.74) is 6.10. The van der Waals surface area contributed by atoms with E-state index in [0.717, 1.165) is 36.4 Å². The molecule has 0 bridgehead atoms. The number of urea groups is 1. The van der Waals surface area contributed by atoms with Crippen LogP contribution in [0.2, 0.25) is 0 Å². The van der Waals surface area contributed by atoms with Crippen molar-refractivity contribution in [3.63, 3.8) is 0 Å². The van der Waals surface area contributed by atoms with Crippen LogP contribution in [0.4, 0.5) is 21.7 Å². The predicted octanol–water partition coefficient (Wildman–Crippen LogP) is 1.32. The van der Waals surface area contributed by atoms with Gasteiger partial charge in [-0.15, -0.1) is 0 Å². The average molecular weight is 500 g/mol. The molecule has 0 unspecified atom stereocenters. The first-order valence-electron chi connectivity index (χ1n) is 11.8. The summed E-state index contributed by atoms with van der Waals surface area (Å²) in [6, 6.07) is 7.23. The van der Waals surface area contributed by atoms with Gasteiger partial charge in [-0.1, -0.05) is 17.3 Å². The molecule has 2 aliphatic rings. The Morgan fingerprint density at radius 2 is 1.86 bits per heavy atom. The zero-order valence-electron chi connectivity index (χ0n) is 19.4. The smallest absolute Gasteiger partial charge is 0.323 e. The van der Waals surface area contributed by atoms with Crippen LogP contribution in [0.1, 0.15) is 12.8 Å². The van der Waals surface area contributed by atoms with Gasteiger partial charge in [-0.2, -0.15) is 9.36 Å². The maximum atomic E-state index is 12.7. The highest BCUT2D eigenvalue weighted by molar-refractivity contribution is 7.09. The molecule has 35 heavy (non-hydrogen) atoms. The first kappa shape index (κ1) is 23.3. The average Bonchev–Trinajstić information content (AvgIpc) is 3.55. The number of rotatable bonds is 6. The lowest BCUT2D eigenvalue weighted by atomic mass is 9.96. The molecule has 5 rings (SSSR count). The lowest BCUT2D eigenvalue weighted by Gasteiger charge is -2.34. The topological polar surface area (TPSA) is 146 Å². The van der Waals surface area contributed by atoms with E-state index >= 15 is 0 Å². The van der Waals surface area contributed by atoms with Gasteiger partial charge >= 0.3 is 6.03 Å². The molecule has 0 aliphatic carbocycles. The van der Waals surface area contributed by atoms with Crippen molar-refractivity contribution in [2.45, 2.75) is 12.8 Å². The number of nitrogens with zero attached hydrogens (tertiary/aromatic N) is 6. The van der Waals surface area contributed by atoms with Crippen LogP contribution in [-0.4, -0.2) is 83.7 Å². The Labute approximate surface area is 206 Å². The van der Waals surface area contributed by atoms with E-state index in [2.05, 4.69) is 30.0 Å². The van der Waals surface area contributed by atoms with Crippen LogP contribution >= 0.6 is 11.5 Å². The molecule has 4 N–H and O–H groups in total. The fraction of sp³-hybridized carbons (Fsp3) is 0.500. The Morgan fingerprint density at radius 3 is 2.63 bits per heavy atom. The van der Waals surface area contributed by atoms with E-state index in [1.165, 1.54) is 11.5 Å². The first-order valence-corrected chi connectivity index (χ1v) is 12.6. The van der Waals surface area contributed by atoms with E-state index in [1.807, 2.05) is 24.3 Å². The number of carbonyl (C=O) groups is 2. The Bertz CT molecular complexity index is 1170. The molecule has 3 aromatic rings. The van der Waals surface area contributed by atoms with Gasteiger partial charge in [0, 0.05) is 69.8 Å². The number of benzene rings is 1. The summed E-state index contributed by atoms with van der Waals surface area (Å²) in [6.07, 6.45) is 1.55. The number of piperidine rings is 1. The van der Waals surface area contributed by atoms with Gasteiger partial charge in [-0.25, -0.2) is 4.79 Å². The molecular formula is C22H29N9O3S.